The molecule has 0 amide bonds. The van der Waals surface area contributed by atoms with E-state index in [-0.39, 0.29) is 10.8 Å². The Morgan fingerprint density at radius 2 is 0.933 bits per heavy atom. The first-order chi connectivity index (χ1) is 21.8. The summed E-state index contributed by atoms with van der Waals surface area (Å²) in [5, 5.41) is 2.60. The normalized spacial score (nSPS) is 15.3. The predicted molar refractivity (Wildman–Crippen MR) is 186 cm³/mol. The van der Waals surface area contributed by atoms with Gasteiger partial charge < -0.3 is 4.57 Å². The van der Waals surface area contributed by atoms with Crippen LogP contribution in [0.25, 0.3) is 61.7 Å². The van der Waals surface area contributed by atoms with Gasteiger partial charge in [0.05, 0.1) is 11.0 Å². The predicted octanol–water partition coefficient (Wildman–Crippen LogP) is 10.3. The molecule has 1 aliphatic rings. The fourth-order valence-electron chi connectivity index (χ4n) is 7.00. The van der Waals surface area contributed by atoms with Gasteiger partial charge in [-0.25, -0.2) is 15.0 Å². The van der Waals surface area contributed by atoms with E-state index in [9.17, 15) is 0 Å². The molecule has 0 aliphatic heterocycles. The molecule has 4 nitrogen and oxygen atoms in total. The molecule has 0 unspecified atom stereocenters. The number of para-hydroxylation sites is 1. The van der Waals surface area contributed by atoms with Crippen molar-refractivity contribution < 1.29 is 0 Å². The molecule has 0 atom stereocenters. The van der Waals surface area contributed by atoms with Crippen LogP contribution in [-0.2, 0) is 10.8 Å². The molecule has 0 fully saturated rings. The Labute approximate surface area is 264 Å². The molecule has 8 rings (SSSR count). The van der Waals surface area contributed by atoms with Crippen LogP contribution < -0.4 is 0 Å². The molecule has 0 saturated carbocycles. The molecular weight excluding hydrogens is 548 g/mol. The number of hydrogen-bond acceptors (Lipinski definition) is 3. The molecule has 5 aromatic carbocycles. The first-order valence-electron chi connectivity index (χ1n) is 15.8. The van der Waals surface area contributed by atoms with E-state index < -0.39 is 0 Å². The molecule has 0 saturated heterocycles. The third-order valence-corrected chi connectivity index (χ3v) is 9.73. The fraction of sp³-hybridized carbons (Fsp3) is 0.195. The molecular formula is C41H36N4. The van der Waals surface area contributed by atoms with Crippen LogP contribution in [0.3, 0.4) is 0 Å². The topological polar surface area (TPSA) is 43.6 Å². The molecule has 0 bridgehead atoms. The molecule has 2 heterocycles. The van der Waals surface area contributed by atoms with E-state index in [4.69, 9.17) is 15.0 Å². The van der Waals surface area contributed by atoms with Crippen LogP contribution in [0, 0.1) is 0 Å². The largest absolute Gasteiger partial charge is 0.309 e. The Kier molecular flexibility index (Phi) is 6.25. The van der Waals surface area contributed by atoms with Crippen LogP contribution in [0.15, 0.2) is 121 Å². The van der Waals surface area contributed by atoms with Gasteiger partial charge in [0.25, 0.3) is 0 Å². The first kappa shape index (κ1) is 27.5. The highest BCUT2D eigenvalue weighted by Crippen LogP contribution is 2.48. The molecule has 4 heteroatoms. The van der Waals surface area contributed by atoms with Crippen molar-refractivity contribution in [3.8, 4) is 39.9 Å². The number of rotatable bonds is 4. The number of hydrogen-bond donors (Lipinski definition) is 0. The summed E-state index contributed by atoms with van der Waals surface area (Å²) in [6.45, 7) is 9.60. The summed E-state index contributed by atoms with van der Waals surface area (Å²) in [5.74, 6) is 2.00. The van der Waals surface area contributed by atoms with Gasteiger partial charge in [-0.3, -0.25) is 0 Å². The molecule has 2 aromatic heterocycles. The second-order valence-electron chi connectivity index (χ2n) is 13.6. The summed E-state index contributed by atoms with van der Waals surface area (Å²) in [4.78, 5) is 14.7. The van der Waals surface area contributed by atoms with Gasteiger partial charge in [-0.15, -0.1) is 0 Å². The summed E-state index contributed by atoms with van der Waals surface area (Å²) in [5.41, 5.74) is 9.74. The minimum absolute atomic E-state index is 0.135. The zero-order chi connectivity index (χ0) is 30.8. The average molecular weight is 585 g/mol. The Morgan fingerprint density at radius 1 is 0.467 bits per heavy atom. The highest BCUT2D eigenvalue weighted by Gasteiger charge is 2.37. The highest BCUT2D eigenvalue weighted by atomic mass is 15.0. The third-order valence-electron chi connectivity index (χ3n) is 9.73. The Morgan fingerprint density at radius 3 is 1.49 bits per heavy atom. The SMILES string of the molecule is CC1(C)CCC(C)(C)c2cc3c(cc21)c1ccccc1n3-c1ccc(-c2nc(-c3ccccc3)nc(-c3ccccc3)n2)cc1. The van der Waals surface area contributed by atoms with Gasteiger partial charge in [0.15, 0.2) is 17.5 Å². The van der Waals surface area contributed by atoms with Crippen molar-refractivity contribution in [2.45, 2.75) is 51.4 Å². The van der Waals surface area contributed by atoms with E-state index in [1.165, 1.54) is 45.8 Å². The summed E-state index contributed by atoms with van der Waals surface area (Å²) < 4.78 is 2.42. The summed E-state index contributed by atoms with van der Waals surface area (Å²) >= 11 is 0. The van der Waals surface area contributed by atoms with Crippen LogP contribution in [0.5, 0.6) is 0 Å². The minimum atomic E-state index is 0.135. The summed E-state index contributed by atoms with van der Waals surface area (Å²) in [6, 6.07) is 42.7. The lowest BCUT2D eigenvalue weighted by Crippen LogP contribution is -2.33. The zero-order valence-electron chi connectivity index (χ0n) is 26.3. The van der Waals surface area contributed by atoms with Crippen LogP contribution in [-0.4, -0.2) is 19.5 Å². The molecule has 7 aromatic rings. The van der Waals surface area contributed by atoms with Gasteiger partial charge in [-0.2, -0.15) is 0 Å². The second kappa shape index (κ2) is 10.2. The lowest BCUT2D eigenvalue weighted by Gasteiger charge is -2.42. The van der Waals surface area contributed by atoms with E-state index in [0.717, 1.165) is 22.4 Å². The average Bonchev–Trinajstić information content (AvgIpc) is 3.41. The molecule has 0 radical (unpaired) electrons. The smallest absolute Gasteiger partial charge is 0.164 e. The second-order valence-corrected chi connectivity index (χ2v) is 13.6. The molecule has 0 spiro atoms. The Balaban J connectivity index is 1.29. The van der Waals surface area contributed by atoms with E-state index in [2.05, 4.69) is 92.9 Å². The molecule has 1 aliphatic carbocycles. The van der Waals surface area contributed by atoms with E-state index in [1.807, 2.05) is 60.7 Å². The standard InChI is InChI=1S/C41H36N4/c1-40(2)23-24-41(3,4)34-26-36-32(25-33(34)40)31-17-11-12-18-35(31)45(36)30-21-19-29(20-22-30)39-43-37(27-13-7-5-8-14-27)42-38(44-39)28-15-9-6-10-16-28/h5-22,25-26H,23-24H2,1-4H3. The van der Waals surface area contributed by atoms with Gasteiger partial charge in [0.2, 0.25) is 0 Å². The van der Waals surface area contributed by atoms with Gasteiger partial charge in [-0.05, 0) is 77.3 Å². The lowest BCUT2D eigenvalue weighted by atomic mass is 9.63. The van der Waals surface area contributed by atoms with Crippen molar-refractivity contribution in [3.05, 3.63) is 132 Å². The number of benzene rings is 5. The van der Waals surface area contributed by atoms with Gasteiger partial charge in [0.1, 0.15) is 0 Å². The van der Waals surface area contributed by atoms with E-state index in [0.29, 0.717) is 17.5 Å². The van der Waals surface area contributed by atoms with Crippen LogP contribution in [0.1, 0.15) is 51.7 Å². The molecule has 0 N–H and O–H groups in total. The Bertz CT molecular complexity index is 2130. The summed E-state index contributed by atoms with van der Waals surface area (Å²) in [6.07, 6.45) is 2.39. The maximum Gasteiger partial charge on any atom is 0.164 e. The number of nitrogens with zero attached hydrogens (tertiary/aromatic N) is 4. The highest BCUT2D eigenvalue weighted by molar-refractivity contribution is 6.10. The third kappa shape index (κ3) is 4.64. The quantitative estimate of drug-likeness (QED) is 0.207. The fourth-order valence-corrected chi connectivity index (χ4v) is 7.00. The van der Waals surface area contributed by atoms with Crippen molar-refractivity contribution in [2.75, 3.05) is 0 Å². The van der Waals surface area contributed by atoms with E-state index in [1.54, 1.807) is 0 Å². The maximum atomic E-state index is 4.94. The maximum absolute atomic E-state index is 4.94. The van der Waals surface area contributed by atoms with Crippen LogP contribution in [0.2, 0.25) is 0 Å². The van der Waals surface area contributed by atoms with E-state index >= 15 is 0 Å². The Hall–Kier alpha value is -5.09. The van der Waals surface area contributed by atoms with Crippen molar-refractivity contribution in [1.82, 2.24) is 19.5 Å². The molecule has 220 valence electrons. The first-order valence-corrected chi connectivity index (χ1v) is 15.8. The van der Waals surface area contributed by atoms with Gasteiger partial charge >= 0.3 is 0 Å². The lowest BCUT2D eigenvalue weighted by molar-refractivity contribution is 0.332. The monoisotopic (exact) mass is 584 g/mol. The molecule has 45 heavy (non-hydrogen) atoms. The number of fused-ring (bicyclic) bond motifs is 4. The number of aromatic nitrogens is 4. The van der Waals surface area contributed by atoms with Gasteiger partial charge in [0, 0.05) is 33.2 Å². The van der Waals surface area contributed by atoms with Crippen molar-refractivity contribution in [2.24, 2.45) is 0 Å². The van der Waals surface area contributed by atoms with Crippen molar-refractivity contribution in [3.63, 3.8) is 0 Å². The minimum Gasteiger partial charge on any atom is -0.309 e. The van der Waals surface area contributed by atoms with Crippen molar-refractivity contribution in [1.29, 1.82) is 0 Å². The summed E-state index contributed by atoms with van der Waals surface area (Å²) in [7, 11) is 0. The van der Waals surface area contributed by atoms with Crippen LogP contribution in [0.4, 0.5) is 0 Å². The van der Waals surface area contributed by atoms with Gasteiger partial charge in [-0.1, -0.05) is 107 Å². The van der Waals surface area contributed by atoms with Crippen LogP contribution >= 0.6 is 0 Å². The zero-order valence-corrected chi connectivity index (χ0v) is 26.3. The van der Waals surface area contributed by atoms with Crippen molar-refractivity contribution >= 4 is 21.8 Å².